The summed E-state index contributed by atoms with van der Waals surface area (Å²) in [6.45, 7) is 0. The number of carboxylic acid groups (broad SMARTS) is 1. The van der Waals surface area contributed by atoms with Crippen LogP contribution >= 0.6 is 0 Å². The molecule has 0 saturated carbocycles. The van der Waals surface area contributed by atoms with Gasteiger partial charge in [0.1, 0.15) is 6.04 Å². The number of aliphatic carboxylic acids is 1. The number of nitriles is 1. The summed E-state index contributed by atoms with van der Waals surface area (Å²) in [6, 6.07) is 6.63. The first kappa shape index (κ1) is 8.57. The van der Waals surface area contributed by atoms with Gasteiger partial charge in [-0.1, -0.05) is 6.07 Å². The minimum absolute atomic E-state index is 0.483. The fourth-order valence-electron chi connectivity index (χ4n) is 1.57. The summed E-state index contributed by atoms with van der Waals surface area (Å²) in [5.41, 5.74) is 2.26. The highest BCUT2D eigenvalue weighted by Crippen LogP contribution is 2.26. The Balaban J connectivity index is 2.32. The van der Waals surface area contributed by atoms with Crippen molar-refractivity contribution in [2.75, 3.05) is 5.32 Å². The molecule has 1 heterocycles. The van der Waals surface area contributed by atoms with Gasteiger partial charge < -0.3 is 10.4 Å². The van der Waals surface area contributed by atoms with Crippen LogP contribution in [0.4, 0.5) is 5.69 Å². The summed E-state index contributed by atoms with van der Waals surface area (Å²) >= 11 is 0. The van der Waals surface area contributed by atoms with Gasteiger partial charge in [-0.15, -0.1) is 0 Å². The van der Waals surface area contributed by atoms with E-state index in [9.17, 15) is 4.79 Å². The van der Waals surface area contributed by atoms with Gasteiger partial charge in [-0.3, -0.25) is 0 Å². The summed E-state index contributed by atoms with van der Waals surface area (Å²) in [4.78, 5) is 10.7. The molecule has 0 saturated heterocycles. The largest absolute Gasteiger partial charge is 0.480 e. The number of carboxylic acids is 1. The van der Waals surface area contributed by atoms with Crippen molar-refractivity contribution >= 4 is 11.7 Å². The van der Waals surface area contributed by atoms with E-state index in [-0.39, 0.29) is 0 Å². The Kier molecular flexibility index (Phi) is 1.86. The standard InChI is InChI=1S/C10H8N2O2/c11-5-6-1-2-7-4-9(10(13)14)12-8(7)3-6/h1-3,9,12H,4H2,(H,13,14). The molecule has 2 rings (SSSR count). The van der Waals surface area contributed by atoms with Crippen LogP contribution in [0.1, 0.15) is 11.1 Å². The number of carbonyl (C=O) groups is 1. The molecule has 0 amide bonds. The Morgan fingerprint density at radius 1 is 1.64 bits per heavy atom. The average molecular weight is 188 g/mol. The average Bonchev–Trinajstić information content (AvgIpc) is 2.59. The molecule has 1 aliphatic rings. The Labute approximate surface area is 80.8 Å². The molecule has 1 atom stereocenters. The minimum Gasteiger partial charge on any atom is -0.480 e. The van der Waals surface area contributed by atoms with E-state index >= 15 is 0 Å². The molecular formula is C10H8N2O2. The van der Waals surface area contributed by atoms with Crippen molar-refractivity contribution in [2.24, 2.45) is 0 Å². The fraction of sp³-hybridized carbons (Fsp3) is 0.200. The molecule has 0 aliphatic carbocycles. The van der Waals surface area contributed by atoms with Gasteiger partial charge in [0.05, 0.1) is 11.6 Å². The van der Waals surface area contributed by atoms with E-state index < -0.39 is 12.0 Å². The van der Waals surface area contributed by atoms with Crippen molar-refractivity contribution in [3.05, 3.63) is 29.3 Å². The lowest BCUT2D eigenvalue weighted by Gasteiger charge is -2.03. The molecule has 0 fully saturated rings. The van der Waals surface area contributed by atoms with E-state index in [1.807, 2.05) is 6.07 Å². The zero-order valence-corrected chi connectivity index (χ0v) is 7.32. The van der Waals surface area contributed by atoms with Crippen LogP contribution in [-0.2, 0) is 11.2 Å². The maximum Gasteiger partial charge on any atom is 0.326 e. The Hall–Kier alpha value is -2.02. The molecule has 14 heavy (non-hydrogen) atoms. The predicted molar refractivity (Wildman–Crippen MR) is 49.9 cm³/mol. The van der Waals surface area contributed by atoms with Crippen LogP contribution in [0.3, 0.4) is 0 Å². The number of rotatable bonds is 1. The molecule has 1 aliphatic heterocycles. The molecule has 0 aromatic heterocycles. The summed E-state index contributed by atoms with van der Waals surface area (Å²) < 4.78 is 0. The molecule has 0 radical (unpaired) electrons. The van der Waals surface area contributed by atoms with Gasteiger partial charge in [-0.05, 0) is 17.7 Å². The van der Waals surface area contributed by atoms with Gasteiger partial charge in [0, 0.05) is 12.1 Å². The number of nitrogens with one attached hydrogen (secondary N) is 1. The fourth-order valence-corrected chi connectivity index (χ4v) is 1.57. The highest BCUT2D eigenvalue weighted by atomic mass is 16.4. The van der Waals surface area contributed by atoms with Gasteiger partial charge in [-0.2, -0.15) is 5.26 Å². The van der Waals surface area contributed by atoms with E-state index in [0.717, 1.165) is 11.3 Å². The molecule has 1 unspecified atom stereocenters. The van der Waals surface area contributed by atoms with Crippen molar-refractivity contribution in [1.29, 1.82) is 5.26 Å². The van der Waals surface area contributed by atoms with E-state index in [1.54, 1.807) is 18.2 Å². The van der Waals surface area contributed by atoms with Gasteiger partial charge in [0.25, 0.3) is 0 Å². The first-order valence-corrected chi connectivity index (χ1v) is 4.23. The van der Waals surface area contributed by atoms with Gasteiger partial charge in [0.15, 0.2) is 0 Å². The second kappa shape index (κ2) is 3.04. The van der Waals surface area contributed by atoms with Crippen LogP contribution in [0.15, 0.2) is 18.2 Å². The molecule has 4 nitrogen and oxygen atoms in total. The third kappa shape index (κ3) is 1.29. The van der Waals surface area contributed by atoms with Crippen molar-refractivity contribution in [2.45, 2.75) is 12.5 Å². The third-order valence-corrected chi connectivity index (χ3v) is 2.29. The molecule has 70 valence electrons. The van der Waals surface area contributed by atoms with Crippen LogP contribution in [0, 0.1) is 11.3 Å². The summed E-state index contributed by atoms with van der Waals surface area (Å²) in [5, 5.41) is 20.3. The predicted octanol–water partition coefficient (Wildman–Crippen LogP) is 0.979. The quantitative estimate of drug-likeness (QED) is 0.689. The van der Waals surface area contributed by atoms with Crippen molar-refractivity contribution in [3.63, 3.8) is 0 Å². The van der Waals surface area contributed by atoms with Crippen LogP contribution in [0.5, 0.6) is 0 Å². The van der Waals surface area contributed by atoms with Crippen LogP contribution in [-0.4, -0.2) is 17.1 Å². The van der Waals surface area contributed by atoms with Gasteiger partial charge in [-0.25, -0.2) is 4.79 Å². The highest BCUT2D eigenvalue weighted by Gasteiger charge is 2.26. The van der Waals surface area contributed by atoms with E-state index in [4.69, 9.17) is 10.4 Å². The number of benzene rings is 1. The summed E-state index contributed by atoms with van der Waals surface area (Å²) in [7, 11) is 0. The maximum atomic E-state index is 10.7. The topological polar surface area (TPSA) is 73.1 Å². The summed E-state index contributed by atoms with van der Waals surface area (Å²) in [5.74, 6) is -0.861. The zero-order chi connectivity index (χ0) is 10.1. The molecule has 0 bridgehead atoms. The number of nitrogens with zero attached hydrogens (tertiary/aromatic N) is 1. The van der Waals surface area contributed by atoms with Gasteiger partial charge in [0.2, 0.25) is 0 Å². The molecule has 4 heteroatoms. The number of hydrogen-bond acceptors (Lipinski definition) is 3. The number of anilines is 1. The van der Waals surface area contributed by atoms with Gasteiger partial charge >= 0.3 is 5.97 Å². The lowest BCUT2D eigenvalue weighted by Crippen LogP contribution is -2.26. The van der Waals surface area contributed by atoms with E-state index in [0.29, 0.717) is 12.0 Å². The van der Waals surface area contributed by atoms with E-state index in [2.05, 4.69) is 5.32 Å². The first-order chi connectivity index (χ1) is 6.70. The number of hydrogen-bond donors (Lipinski definition) is 2. The van der Waals surface area contributed by atoms with E-state index in [1.165, 1.54) is 0 Å². The van der Waals surface area contributed by atoms with Crippen molar-refractivity contribution < 1.29 is 9.90 Å². The Morgan fingerprint density at radius 2 is 2.43 bits per heavy atom. The lowest BCUT2D eigenvalue weighted by molar-refractivity contribution is -0.137. The second-order valence-corrected chi connectivity index (χ2v) is 3.22. The lowest BCUT2D eigenvalue weighted by atomic mass is 10.1. The molecule has 1 aromatic carbocycles. The first-order valence-electron chi connectivity index (χ1n) is 4.23. The maximum absolute atomic E-state index is 10.7. The third-order valence-electron chi connectivity index (χ3n) is 2.29. The Bertz CT molecular complexity index is 434. The zero-order valence-electron chi connectivity index (χ0n) is 7.32. The summed E-state index contributed by atoms with van der Waals surface area (Å²) in [6.07, 6.45) is 0.483. The SMILES string of the molecule is N#Cc1ccc2c(c1)NC(C(=O)O)C2. The smallest absolute Gasteiger partial charge is 0.326 e. The van der Waals surface area contributed by atoms with Crippen LogP contribution in [0.2, 0.25) is 0 Å². The number of fused-ring (bicyclic) bond motifs is 1. The molecule has 0 spiro atoms. The normalized spacial score (nSPS) is 18.1. The molecule has 2 N–H and O–H groups in total. The molecule has 1 aromatic rings. The van der Waals surface area contributed by atoms with Crippen LogP contribution < -0.4 is 5.32 Å². The van der Waals surface area contributed by atoms with Crippen molar-refractivity contribution in [3.8, 4) is 6.07 Å². The van der Waals surface area contributed by atoms with Crippen molar-refractivity contribution in [1.82, 2.24) is 0 Å². The Morgan fingerprint density at radius 3 is 3.07 bits per heavy atom. The molecular weight excluding hydrogens is 180 g/mol. The second-order valence-electron chi connectivity index (χ2n) is 3.22. The highest BCUT2D eigenvalue weighted by molar-refractivity contribution is 5.81. The monoisotopic (exact) mass is 188 g/mol. The van der Waals surface area contributed by atoms with Crippen LogP contribution in [0.25, 0.3) is 0 Å². The minimum atomic E-state index is -0.861.